The largest absolute Gasteiger partial charge is 0.490 e. The smallest absolute Gasteiger partial charge is 0.307 e. The Hall–Kier alpha value is -2.66. The molecule has 0 spiro atoms. The first-order valence-corrected chi connectivity index (χ1v) is 8.88. The first kappa shape index (κ1) is 17.2. The van der Waals surface area contributed by atoms with E-state index in [0.717, 1.165) is 26.5 Å². The number of carboxylic acid groups (broad SMARTS) is 1. The van der Waals surface area contributed by atoms with Crippen LogP contribution in [0.1, 0.15) is 30.8 Å². The second-order valence-corrected chi connectivity index (χ2v) is 6.96. The van der Waals surface area contributed by atoms with Crippen LogP contribution in [0, 0.1) is 0 Å². The molecule has 3 rings (SSSR count). The fourth-order valence-electron chi connectivity index (χ4n) is 2.51. The van der Waals surface area contributed by atoms with E-state index in [-0.39, 0.29) is 12.5 Å². The van der Waals surface area contributed by atoms with Gasteiger partial charge in [0.05, 0.1) is 22.7 Å². The number of ether oxygens (including phenoxy) is 1. The average molecular weight is 353 g/mol. The first-order chi connectivity index (χ1) is 12.0. The van der Waals surface area contributed by atoms with Gasteiger partial charge in [0.15, 0.2) is 0 Å². The molecule has 0 aliphatic heterocycles. The number of hydrogen-bond donors (Lipinski definition) is 1. The third kappa shape index (κ3) is 4.25. The number of benzene rings is 2. The lowest BCUT2D eigenvalue weighted by Crippen LogP contribution is -2.06. The Balaban J connectivity index is 2.07. The molecular formula is C20H19NO3S. The Morgan fingerprint density at radius 2 is 1.92 bits per heavy atom. The number of thiazole rings is 1. The van der Waals surface area contributed by atoms with Gasteiger partial charge >= 0.3 is 5.97 Å². The molecule has 0 aliphatic carbocycles. The SMILES string of the molecule is CC(C)Oc1ccccc1/C=C(/CC(=O)O)c1nc2ccccc2s1. The maximum absolute atomic E-state index is 11.4. The predicted octanol–water partition coefficient (Wildman–Crippen LogP) is 5.10. The molecule has 0 saturated carbocycles. The molecule has 5 heteroatoms. The molecule has 0 bridgehead atoms. The van der Waals surface area contributed by atoms with Crippen molar-refractivity contribution >= 4 is 39.2 Å². The molecule has 1 N–H and O–H groups in total. The third-order valence-electron chi connectivity index (χ3n) is 3.52. The quantitative estimate of drug-likeness (QED) is 0.670. The van der Waals surface area contributed by atoms with Crippen LogP contribution in [-0.2, 0) is 4.79 Å². The fourth-order valence-corrected chi connectivity index (χ4v) is 3.49. The highest BCUT2D eigenvalue weighted by Gasteiger charge is 2.14. The molecule has 25 heavy (non-hydrogen) atoms. The molecule has 0 atom stereocenters. The summed E-state index contributed by atoms with van der Waals surface area (Å²) in [6.07, 6.45) is 1.82. The van der Waals surface area contributed by atoms with E-state index < -0.39 is 5.97 Å². The predicted molar refractivity (Wildman–Crippen MR) is 102 cm³/mol. The van der Waals surface area contributed by atoms with E-state index >= 15 is 0 Å². The first-order valence-electron chi connectivity index (χ1n) is 8.07. The van der Waals surface area contributed by atoms with Crippen LogP contribution in [0.15, 0.2) is 48.5 Å². The normalized spacial score (nSPS) is 11.9. The van der Waals surface area contributed by atoms with Gasteiger partial charge in [-0.15, -0.1) is 11.3 Å². The molecule has 0 unspecified atom stereocenters. The zero-order valence-corrected chi connectivity index (χ0v) is 14.9. The highest BCUT2D eigenvalue weighted by atomic mass is 32.1. The van der Waals surface area contributed by atoms with Crippen LogP contribution in [-0.4, -0.2) is 22.2 Å². The van der Waals surface area contributed by atoms with Crippen LogP contribution in [0.3, 0.4) is 0 Å². The van der Waals surface area contributed by atoms with Crippen LogP contribution < -0.4 is 4.74 Å². The molecule has 0 saturated heterocycles. The molecule has 1 heterocycles. The number of carboxylic acids is 1. The van der Waals surface area contributed by atoms with Crippen LogP contribution in [0.5, 0.6) is 5.75 Å². The van der Waals surface area contributed by atoms with Crippen molar-refractivity contribution < 1.29 is 14.6 Å². The second kappa shape index (κ2) is 7.49. The summed E-state index contributed by atoms with van der Waals surface area (Å²) in [7, 11) is 0. The van der Waals surface area contributed by atoms with Crippen molar-refractivity contribution in [1.82, 2.24) is 4.98 Å². The third-order valence-corrected chi connectivity index (χ3v) is 4.63. The maximum Gasteiger partial charge on any atom is 0.307 e. The molecule has 0 fully saturated rings. The van der Waals surface area contributed by atoms with Crippen molar-refractivity contribution in [2.24, 2.45) is 0 Å². The minimum atomic E-state index is -0.882. The Kier molecular flexibility index (Phi) is 5.14. The number of carbonyl (C=O) groups is 1. The maximum atomic E-state index is 11.4. The summed E-state index contributed by atoms with van der Waals surface area (Å²) in [6, 6.07) is 15.4. The summed E-state index contributed by atoms with van der Waals surface area (Å²) in [5.74, 6) is -0.144. The highest BCUT2D eigenvalue weighted by Crippen LogP contribution is 2.32. The number of para-hydroxylation sites is 2. The summed E-state index contributed by atoms with van der Waals surface area (Å²) in [5.41, 5.74) is 2.41. The number of rotatable bonds is 6. The minimum absolute atomic E-state index is 0.0416. The minimum Gasteiger partial charge on any atom is -0.490 e. The average Bonchev–Trinajstić information content (AvgIpc) is 2.99. The summed E-state index contributed by atoms with van der Waals surface area (Å²) in [5, 5.41) is 10.0. The Morgan fingerprint density at radius 3 is 2.64 bits per heavy atom. The van der Waals surface area contributed by atoms with Gasteiger partial charge in [-0.2, -0.15) is 0 Å². The molecule has 128 valence electrons. The molecule has 0 radical (unpaired) electrons. The summed E-state index contributed by atoms with van der Waals surface area (Å²) < 4.78 is 6.88. The van der Waals surface area contributed by atoms with Crippen molar-refractivity contribution in [2.45, 2.75) is 26.4 Å². The number of fused-ring (bicyclic) bond motifs is 1. The van der Waals surface area contributed by atoms with Gasteiger partial charge in [-0.25, -0.2) is 4.98 Å². The van der Waals surface area contributed by atoms with Gasteiger partial charge in [-0.05, 0) is 43.7 Å². The number of nitrogens with zero attached hydrogens (tertiary/aromatic N) is 1. The number of aromatic nitrogens is 1. The lowest BCUT2D eigenvalue weighted by Gasteiger charge is -2.13. The number of aliphatic carboxylic acids is 1. The second-order valence-electron chi connectivity index (χ2n) is 5.93. The van der Waals surface area contributed by atoms with E-state index in [9.17, 15) is 9.90 Å². The zero-order valence-electron chi connectivity index (χ0n) is 14.1. The van der Waals surface area contributed by atoms with Gasteiger partial charge in [-0.3, -0.25) is 4.79 Å². The van der Waals surface area contributed by atoms with Crippen molar-refractivity contribution in [3.05, 3.63) is 59.1 Å². The van der Waals surface area contributed by atoms with E-state index in [0.29, 0.717) is 5.57 Å². The van der Waals surface area contributed by atoms with Gasteiger partial charge in [0.1, 0.15) is 10.8 Å². The van der Waals surface area contributed by atoms with Crippen LogP contribution in [0.2, 0.25) is 0 Å². The van der Waals surface area contributed by atoms with Crippen molar-refractivity contribution in [1.29, 1.82) is 0 Å². The molecule has 1 aromatic heterocycles. The van der Waals surface area contributed by atoms with Crippen LogP contribution in [0.25, 0.3) is 21.9 Å². The van der Waals surface area contributed by atoms with Crippen molar-refractivity contribution in [2.75, 3.05) is 0 Å². The van der Waals surface area contributed by atoms with E-state index in [1.54, 1.807) is 0 Å². The number of hydrogen-bond acceptors (Lipinski definition) is 4. The van der Waals surface area contributed by atoms with E-state index in [2.05, 4.69) is 4.98 Å². The topological polar surface area (TPSA) is 59.4 Å². The Morgan fingerprint density at radius 1 is 1.20 bits per heavy atom. The van der Waals surface area contributed by atoms with Crippen molar-refractivity contribution in [3.8, 4) is 5.75 Å². The van der Waals surface area contributed by atoms with E-state index in [4.69, 9.17) is 4.74 Å². The van der Waals surface area contributed by atoms with Gasteiger partial charge in [0, 0.05) is 5.56 Å². The Bertz CT molecular complexity index is 894. The van der Waals surface area contributed by atoms with Gasteiger partial charge in [0.2, 0.25) is 0 Å². The molecule has 0 amide bonds. The molecule has 4 nitrogen and oxygen atoms in total. The van der Waals surface area contributed by atoms with Gasteiger partial charge < -0.3 is 9.84 Å². The highest BCUT2D eigenvalue weighted by molar-refractivity contribution is 7.19. The van der Waals surface area contributed by atoms with Crippen LogP contribution in [0.4, 0.5) is 0 Å². The summed E-state index contributed by atoms with van der Waals surface area (Å²) >= 11 is 1.50. The molecule has 2 aromatic carbocycles. The van der Waals surface area contributed by atoms with E-state index in [1.165, 1.54) is 11.3 Å². The summed E-state index contributed by atoms with van der Waals surface area (Å²) in [4.78, 5) is 16.0. The van der Waals surface area contributed by atoms with E-state index in [1.807, 2.05) is 68.5 Å². The fraction of sp³-hybridized carbons (Fsp3) is 0.200. The van der Waals surface area contributed by atoms with Gasteiger partial charge in [-0.1, -0.05) is 30.3 Å². The monoisotopic (exact) mass is 353 g/mol. The van der Waals surface area contributed by atoms with Gasteiger partial charge in [0.25, 0.3) is 0 Å². The molecule has 3 aromatic rings. The van der Waals surface area contributed by atoms with Crippen LogP contribution >= 0.6 is 11.3 Å². The zero-order chi connectivity index (χ0) is 17.8. The molecule has 0 aliphatic rings. The standard InChI is InChI=1S/C20H19NO3S/c1-13(2)24-17-9-5-3-7-14(17)11-15(12-19(22)23)20-21-16-8-4-6-10-18(16)25-20/h3-11,13H,12H2,1-2H3,(H,22,23)/b15-11-. The summed E-state index contributed by atoms with van der Waals surface area (Å²) in [6.45, 7) is 3.93. The lowest BCUT2D eigenvalue weighted by atomic mass is 10.1. The van der Waals surface area contributed by atoms with Crippen molar-refractivity contribution in [3.63, 3.8) is 0 Å². The molecular weight excluding hydrogens is 334 g/mol. The Labute approximate surface area is 150 Å². The lowest BCUT2D eigenvalue weighted by molar-refractivity contribution is -0.135.